The normalized spacial score (nSPS) is 16.3. The van der Waals surface area contributed by atoms with Gasteiger partial charge in [-0.25, -0.2) is 19.2 Å². The number of nitrogens with zero attached hydrogens (tertiary/aromatic N) is 4. The SMILES string of the molecule is O=C(NCc1cccc(F)c1)N1CCC(n2c(-c3ccco3)nc3cccnc32)C1. The Morgan fingerprint density at radius 2 is 2.17 bits per heavy atom. The Bertz CT molecular complexity index is 1190. The maximum atomic E-state index is 13.3. The molecule has 3 aromatic heterocycles. The first-order valence-electron chi connectivity index (χ1n) is 9.83. The fourth-order valence-electron chi connectivity index (χ4n) is 3.93. The summed E-state index contributed by atoms with van der Waals surface area (Å²) in [5.41, 5.74) is 2.29. The third-order valence-electron chi connectivity index (χ3n) is 5.34. The zero-order chi connectivity index (χ0) is 20.5. The van der Waals surface area contributed by atoms with Crippen molar-refractivity contribution in [2.75, 3.05) is 13.1 Å². The van der Waals surface area contributed by atoms with E-state index in [1.54, 1.807) is 29.5 Å². The van der Waals surface area contributed by atoms with Crippen LogP contribution in [0, 0.1) is 5.82 Å². The summed E-state index contributed by atoms with van der Waals surface area (Å²) < 4.78 is 21.0. The molecule has 4 heterocycles. The lowest BCUT2D eigenvalue weighted by atomic mass is 10.2. The van der Waals surface area contributed by atoms with E-state index in [0.29, 0.717) is 24.7 Å². The number of carbonyl (C=O) groups is 1. The van der Waals surface area contributed by atoms with Crippen LogP contribution < -0.4 is 5.32 Å². The topological polar surface area (TPSA) is 76.2 Å². The van der Waals surface area contributed by atoms with Crippen molar-refractivity contribution in [3.05, 3.63) is 72.4 Å². The second-order valence-electron chi connectivity index (χ2n) is 7.31. The summed E-state index contributed by atoms with van der Waals surface area (Å²) in [6, 6.07) is 13.6. The number of halogens is 1. The summed E-state index contributed by atoms with van der Waals surface area (Å²) in [7, 11) is 0. The third kappa shape index (κ3) is 3.41. The summed E-state index contributed by atoms with van der Waals surface area (Å²) in [5.74, 6) is 1.07. The number of hydrogen-bond donors (Lipinski definition) is 1. The van der Waals surface area contributed by atoms with Crippen LogP contribution in [0.4, 0.5) is 9.18 Å². The van der Waals surface area contributed by atoms with Crippen molar-refractivity contribution in [3.8, 4) is 11.6 Å². The number of pyridine rings is 1. The highest BCUT2D eigenvalue weighted by Gasteiger charge is 2.31. The van der Waals surface area contributed by atoms with Crippen molar-refractivity contribution in [3.63, 3.8) is 0 Å². The highest BCUT2D eigenvalue weighted by Crippen LogP contribution is 2.32. The van der Waals surface area contributed by atoms with Gasteiger partial charge >= 0.3 is 6.03 Å². The van der Waals surface area contributed by atoms with E-state index >= 15 is 0 Å². The minimum absolute atomic E-state index is 0.0323. The maximum absolute atomic E-state index is 13.3. The average Bonchev–Trinajstić information content (AvgIpc) is 3.50. The van der Waals surface area contributed by atoms with Gasteiger partial charge in [0.25, 0.3) is 0 Å². The van der Waals surface area contributed by atoms with Gasteiger partial charge in [0, 0.05) is 25.8 Å². The van der Waals surface area contributed by atoms with Gasteiger partial charge in [0.15, 0.2) is 17.2 Å². The minimum atomic E-state index is -0.312. The van der Waals surface area contributed by atoms with E-state index in [9.17, 15) is 9.18 Å². The molecule has 0 saturated carbocycles. The lowest BCUT2D eigenvalue weighted by Gasteiger charge is -2.19. The van der Waals surface area contributed by atoms with Gasteiger partial charge in [-0.3, -0.25) is 0 Å². The quantitative estimate of drug-likeness (QED) is 0.557. The highest BCUT2D eigenvalue weighted by atomic mass is 19.1. The van der Waals surface area contributed by atoms with Crippen molar-refractivity contribution >= 4 is 17.2 Å². The van der Waals surface area contributed by atoms with Crippen LogP contribution >= 0.6 is 0 Å². The van der Waals surface area contributed by atoms with Crippen LogP contribution in [-0.4, -0.2) is 38.6 Å². The predicted molar refractivity (Wildman–Crippen MR) is 109 cm³/mol. The second kappa shape index (κ2) is 7.62. The maximum Gasteiger partial charge on any atom is 0.317 e. The van der Waals surface area contributed by atoms with Crippen molar-refractivity contribution < 1.29 is 13.6 Å². The highest BCUT2D eigenvalue weighted by molar-refractivity contribution is 5.77. The molecule has 0 aliphatic carbocycles. The van der Waals surface area contributed by atoms with Gasteiger partial charge in [0.1, 0.15) is 11.3 Å². The summed E-state index contributed by atoms with van der Waals surface area (Å²) in [6.45, 7) is 1.43. The zero-order valence-electron chi connectivity index (χ0n) is 16.2. The molecule has 2 amide bonds. The molecule has 0 spiro atoms. The van der Waals surface area contributed by atoms with Crippen LogP contribution in [0.15, 0.2) is 65.4 Å². The summed E-state index contributed by atoms with van der Waals surface area (Å²) in [4.78, 5) is 23.6. The molecular formula is C22H20FN5O2. The monoisotopic (exact) mass is 405 g/mol. The first kappa shape index (κ1) is 18.4. The summed E-state index contributed by atoms with van der Waals surface area (Å²) in [6.07, 6.45) is 4.14. The number of rotatable bonds is 4. The largest absolute Gasteiger partial charge is 0.461 e. The number of imidazole rings is 1. The summed E-state index contributed by atoms with van der Waals surface area (Å²) >= 11 is 0. The van der Waals surface area contributed by atoms with E-state index < -0.39 is 0 Å². The van der Waals surface area contributed by atoms with Gasteiger partial charge in [0.2, 0.25) is 0 Å². The van der Waals surface area contributed by atoms with E-state index in [4.69, 9.17) is 9.40 Å². The number of fused-ring (bicyclic) bond motifs is 1. The van der Waals surface area contributed by atoms with E-state index in [2.05, 4.69) is 14.9 Å². The number of nitrogens with one attached hydrogen (secondary N) is 1. The smallest absolute Gasteiger partial charge is 0.317 e. The molecule has 7 nitrogen and oxygen atoms in total. The molecule has 4 aromatic rings. The molecule has 1 aliphatic heterocycles. The van der Waals surface area contributed by atoms with Gasteiger partial charge in [-0.05, 0) is 48.4 Å². The molecule has 152 valence electrons. The number of carbonyl (C=O) groups excluding carboxylic acids is 1. The number of benzene rings is 1. The standard InChI is InChI=1S/C22H20FN5O2/c23-16-5-1-4-15(12-16)13-25-22(29)27-10-8-17(14-27)28-20-18(6-2-9-24-20)26-21(28)19-7-3-11-30-19/h1-7,9,11-12,17H,8,10,13-14H2,(H,25,29). The third-order valence-corrected chi connectivity index (χ3v) is 5.34. The molecule has 1 atom stereocenters. The van der Waals surface area contributed by atoms with Crippen LogP contribution in [0.5, 0.6) is 0 Å². The molecule has 1 unspecified atom stereocenters. The van der Waals surface area contributed by atoms with E-state index in [-0.39, 0.29) is 24.4 Å². The van der Waals surface area contributed by atoms with Crippen LogP contribution in [0.2, 0.25) is 0 Å². The molecule has 1 aliphatic rings. The van der Waals surface area contributed by atoms with E-state index in [1.165, 1.54) is 12.1 Å². The number of likely N-dealkylation sites (tertiary alicyclic amines) is 1. The van der Waals surface area contributed by atoms with Crippen LogP contribution in [0.25, 0.3) is 22.7 Å². The molecule has 0 radical (unpaired) electrons. The minimum Gasteiger partial charge on any atom is -0.461 e. The van der Waals surface area contributed by atoms with Gasteiger partial charge in [-0.1, -0.05) is 12.1 Å². The number of urea groups is 1. The van der Waals surface area contributed by atoms with Crippen LogP contribution in [0.1, 0.15) is 18.0 Å². The predicted octanol–water partition coefficient (Wildman–Crippen LogP) is 3.99. The molecule has 1 saturated heterocycles. The van der Waals surface area contributed by atoms with Crippen molar-refractivity contribution in [2.24, 2.45) is 0 Å². The molecular weight excluding hydrogens is 385 g/mol. The van der Waals surface area contributed by atoms with Gasteiger partial charge < -0.3 is 19.2 Å². The number of aromatic nitrogens is 3. The van der Waals surface area contributed by atoms with Gasteiger partial charge in [-0.2, -0.15) is 0 Å². The molecule has 30 heavy (non-hydrogen) atoms. The first-order chi connectivity index (χ1) is 14.7. The van der Waals surface area contributed by atoms with Gasteiger partial charge in [-0.15, -0.1) is 0 Å². The van der Waals surface area contributed by atoms with Crippen molar-refractivity contribution in [2.45, 2.75) is 19.0 Å². The fourth-order valence-corrected chi connectivity index (χ4v) is 3.93. The molecule has 5 rings (SSSR count). The van der Waals surface area contributed by atoms with E-state index in [1.807, 2.05) is 24.3 Å². The lowest BCUT2D eigenvalue weighted by Crippen LogP contribution is -2.38. The number of hydrogen-bond acceptors (Lipinski definition) is 4. The van der Waals surface area contributed by atoms with Crippen molar-refractivity contribution in [1.29, 1.82) is 0 Å². The zero-order valence-corrected chi connectivity index (χ0v) is 16.2. The Morgan fingerprint density at radius 1 is 1.23 bits per heavy atom. The molecule has 8 heteroatoms. The molecule has 0 bridgehead atoms. The number of amides is 2. The van der Waals surface area contributed by atoms with E-state index in [0.717, 1.165) is 23.1 Å². The Morgan fingerprint density at radius 3 is 3.00 bits per heavy atom. The van der Waals surface area contributed by atoms with Crippen LogP contribution in [0.3, 0.4) is 0 Å². The Kier molecular flexibility index (Phi) is 4.66. The van der Waals surface area contributed by atoms with Crippen LogP contribution in [-0.2, 0) is 6.54 Å². The first-order valence-corrected chi connectivity index (χ1v) is 9.83. The second-order valence-corrected chi connectivity index (χ2v) is 7.31. The molecule has 1 N–H and O–H groups in total. The molecule has 1 aromatic carbocycles. The Labute approximate surface area is 172 Å². The van der Waals surface area contributed by atoms with Crippen molar-refractivity contribution in [1.82, 2.24) is 24.8 Å². The average molecular weight is 405 g/mol. The van der Waals surface area contributed by atoms with Gasteiger partial charge in [0.05, 0.1) is 12.3 Å². The fraction of sp³-hybridized carbons (Fsp3) is 0.227. The lowest BCUT2D eigenvalue weighted by molar-refractivity contribution is 0.206. The Hall–Kier alpha value is -3.68. The summed E-state index contributed by atoms with van der Waals surface area (Å²) in [5, 5.41) is 2.87. The number of furan rings is 1. The Balaban J connectivity index is 1.35. The molecule has 1 fully saturated rings.